The lowest BCUT2D eigenvalue weighted by Crippen LogP contribution is -1.81. The largest absolute Gasteiger partial charge is 0.266 e. The van der Waals surface area contributed by atoms with Gasteiger partial charge in [-0.15, -0.1) is 11.6 Å². The molecule has 52 valence electrons. The Labute approximate surface area is 74.0 Å². The van der Waals surface area contributed by atoms with E-state index in [0.717, 1.165) is 5.88 Å². The van der Waals surface area contributed by atoms with Gasteiger partial charge in [-0.3, -0.25) is 0 Å². The van der Waals surface area contributed by atoms with Crippen molar-refractivity contribution in [1.82, 2.24) is 0 Å². The Hall–Kier alpha value is 1.45. The Bertz CT molecular complexity index is 31.4. The number of alkyl halides is 5. The summed E-state index contributed by atoms with van der Waals surface area (Å²) in [5, 5.41) is 0. The van der Waals surface area contributed by atoms with Crippen LogP contribution in [-0.2, 0) is 0 Å². The molecule has 0 N–H and O–H groups in total. The molecule has 0 unspecified atom stereocenters. The standard InChI is InChI=1S/C2H5Cl.CCl4/c1-2-3;2-1(3,4)5/h2H2,1H3;. The molecule has 8 heavy (non-hydrogen) atoms. The molecule has 0 bridgehead atoms. The summed E-state index contributed by atoms with van der Waals surface area (Å²) >= 11 is 24.3. The smallest absolute Gasteiger partial charge is 0.127 e. The normalized spacial score (nSPS) is 9.75. The van der Waals surface area contributed by atoms with Crippen molar-refractivity contribution in [1.29, 1.82) is 0 Å². The van der Waals surface area contributed by atoms with E-state index in [1.54, 1.807) is 0 Å². The molecule has 0 fully saturated rings. The second kappa shape index (κ2) is 6.57. The summed E-state index contributed by atoms with van der Waals surface area (Å²) in [6.07, 6.45) is 0. The number of hydrogen-bond acceptors (Lipinski definition) is 0. The van der Waals surface area contributed by atoms with E-state index >= 15 is 0 Å². The fraction of sp³-hybridized carbons (Fsp3) is 1.00. The maximum atomic E-state index is 5.00. The van der Waals surface area contributed by atoms with Crippen LogP contribution in [0.25, 0.3) is 0 Å². The van der Waals surface area contributed by atoms with Crippen LogP contribution in [0.4, 0.5) is 0 Å². The average molecular weight is 218 g/mol. The van der Waals surface area contributed by atoms with Crippen molar-refractivity contribution in [3.63, 3.8) is 0 Å². The van der Waals surface area contributed by atoms with E-state index in [2.05, 4.69) is 0 Å². The van der Waals surface area contributed by atoms with Crippen molar-refractivity contribution in [3.8, 4) is 0 Å². The minimum atomic E-state index is -1.61. The number of halogens is 5. The predicted octanol–water partition coefficient (Wildman–Crippen LogP) is 3.80. The first kappa shape index (κ1) is 12.2. The van der Waals surface area contributed by atoms with Gasteiger partial charge in [0.15, 0.2) is 0 Å². The number of rotatable bonds is 0. The topological polar surface area (TPSA) is 0 Å². The van der Waals surface area contributed by atoms with Crippen molar-refractivity contribution >= 4 is 58.0 Å². The van der Waals surface area contributed by atoms with Crippen molar-refractivity contribution in [3.05, 3.63) is 0 Å². The Kier molecular flexibility index (Phi) is 9.98. The highest BCUT2D eigenvalue weighted by Gasteiger charge is 2.11. The fourth-order valence-corrected chi connectivity index (χ4v) is 0. The van der Waals surface area contributed by atoms with E-state index in [1.165, 1.54) is 0 Å². The van der Waals surface area contributed by atoms with Crippen molar-refractivity contribution in [2.24, 2.45) is 0 Å². The first-order valence-corrected chi connectivity index (χ1v) is 3.78. The Morgan fingerprint density at radius 1 is 1.12 bits per heavy atom. The van der Waals surface area contributed by atoms with Crippen LogP contribution in [0.1, 0.15) is 6.92 Å². The molecule has 0 aliphatic carbocycles. The average Bonchev–Trinajstić information content (AvgIpc) is 1.27. The zero-order valence-corrected chi connectivity index (χ0v) is 7.88. The van der Waals surface area contributed by atoms with Gasteiger partial charge in [-0.2, -0.15) is 0 Å². The van der Waals surface area contributed by atoms with Gasteiger partial charge in [0.1, 0.15) is 0 Å². The van der Waals surface area contributed by atoms with Gasteiger partial charge in [-0.25, -0.2) is 0 Å². The van der Waals surface area contributed by atoms with E-state index in [1.807, 2.05) is 6.92 Å². The van der Waals surface area contributed by atoms with Gasteiger partial charge in [0.05, 0.1) is 0 Å². The monoisotopic (exact) mass is 216 g/mol. The molecule has 0 aromatic heterocycles. The highest BCUT2D eigenvalue weighted by Crippen LogP contribution is 2.29. The van der Waals surface area contributed by atoms with Crippen LogP contribution >= 0.6 is 58.0 Å². The van der Waals surface area contributed by atoms with Crippen LogP contribution < -0.4 is 0 Å². The molecule has 5 heteroatoms. The van der Waals surface area contributed by atoms with Crippen LogP contribution in [0.2, 0.25) is 0 Å². The summed E-state index contributed by atoms with van der Waals surface area (Å²) in [5.41, 5.74) is 0. The van der Waals surface area contributed by atoms with Crippen molar-refractivity contribution < 1.29 is 0 Å². The summed E-state index contributed by atoms with van der Waals surface area (Å²) in [6.45, 7) is 1.89. The zero-order valence-electron chi connectivity index (χ0n) is 4.10. The van der Waals surface area contributed by atoms with Gasteiger partial charge in [0, 0.05) is 5.88 Å². The highest BCUT2D eigenvalue weighted by molar-refractivity contribution is 6.83. The molecular weight excluding hydrogens is 213 g/mol. The Morgan fingerprint density at radius 3 is 1.12 bits per heavy atom. The third kappa shape index (κ3) is 147. The van der Waals surface area contributed by atoms with Crippen molar-refractivity contribution in [2.75, 3.05) is 5.88 Å². The quantitative estimate of drug-likeness (QED) is 0.543. The lowest BCUT2D eigenvalue weighted by molar-refractivity contribution is 1.51. The second-order valence-corrected chi connectivity index (χ2v) is 4.66. The van der Waals surface area contributed by atoms with E-state index in [0.29, 0.717) is 0 Å². The third-order valence-electron chi connectivity index (χ3n) is 0. The van der Waals surface area contributed by atoms with Crippen molar-refractivity contribution in [2.45, 2.75) is 10.2 Å². The molecule has 0 heterocycles. The summed E-state index contributed by atoms with van der Waals surface area (Å²) in [4.78, 5) is 0. The maximum absolute atomic E-state index is 5.00. The summed E-state index contributed by atoms with van der Waals surface area (Å²) in [7, 11) is 0. The van der Waals surface area contributed by atoms with Crippen LogP contribution in [0, 0.1) is 0 Å². The lowest BCUT2D eigenvalue weighted by atomic mass is 11.0. The van der Waals surface area contributed by atoms with Crippen LogP contribution in [0.15, 0.2) is 0 Å². The van der Waals surface area contributed by atoms with E-state index in [4.69, 9.17) is 58.0 Å². The minimum absolute atomic E-state index is 0.722. The molecule has 0 rings (SSSR count). The number of hydrogen-bond donors (Lipinski definition) is 0. The molecule has 0 atom stereocenters. The van der Waals surface area contributed by atoms with Gasteiger partial charge in [0.2, 0.25) is 0 Å². The molecule has 0 radical (unpaired) electrons. The molecule has 0 spiro atoms. The molecule has 0 aromatic rings. The van der Waals surface area contributed by atoms with Gasteiger partial charge in [-0.1, -0.05) is 53.3 Å². The van der Waals surface area contributed by atoms with Crippen LogP contribution in [0.3, 0.4) is 0 Å². The van der Waals surface area contributed by atoms with E-state index in [9.17, 15) is 0 Å². The second-order valence-electron chi connectivity index (χ2n) is 0.696. The Balaban J connectivity index is 0. The molecule has 0 aromatic carbocycles. The molecule has 0 aliphatic rings. The van der Waals surface area contributed by atoms with Crippen LogP contribution in [-0.4, -0.2) is 9.13 Å². The minimum Gasteiger partial charge on any atom is -0.127 e. The predicted molar refractivity (Wildman–Crippen MR) is 42.5 cm³/mol. The van der Waals surface area contributed by atoms with Gasteiger partial charge < -0.3 is 0 Å². The molecule has 0 saturated carbocycles. The highest BCUT2D eigenvalue weighted by atomic mass is 35.6. The van der Waals surface area contributed by atoms with Gasteiger partial charge in [0.25, 0.3) is 3.25 Å². The van der Waals surface area contributed by atoms with E-state index < -0.39 is 3.25 Å². The van der Waals surface area contributed by atoms with E-state index in [-0.39, 0.29) is 0 Å². The molecular formula is C3H5Cl5. The molecule has 0 amide bonds. The van der Waals surface area contributed by atoms with Crippen LogP contribution in [0.5, 0.6) is 0 Å². The molecule has 0 nitrogen and oxygen atoms in total. The first-order chi connectivity index (χ1) is 3.41. The molecule has 0 aliphatic heterocycles. The maximum Gasteiger partial charge on any atom is 0.266 e. The lowest BCUT2D eigenvalue weighted by Gasteiger charge is -1.91. The summed E-state index contributed by atoms with van der Waals surface area (Å²) in [5.74, 6) is 0.722. The Morgan fingerprint density at radius 2 is 1.12 bits per heavy atom. The molecule has 0 saturated heterocycles. The SMILES string of the molecule is CCCl.ClC(Cl)(Cl)Cl. The zero-order chi connectivity index (χ0) is 7.21. The third-order valence-corrected chi connectivity index (χ3v) is 0. The fourth-order valence-electron chi connectivity index (χ4n) is 0. The summed E-state index contributed by atoms with van der Waals surface area (Å²) < 4.78 is -1.61. The summed E-state index contributed by atoms with van der Waals surface area (Å²) in [6, 6.07) is 0. The van der Waals surface area contributed by atoms with Gasteiger partial charge >= 0.3 is 0 Å². The van der Waals surface area contributed by atoms with Gasteiger partial charge in [-0.05, 0) is 0 Å². The first-order valence-electron chi connectivity index (χ1n) is 1.73.